The zero-order valence-corrected chi connectivity index (χ0v) is 19.6. The van der Waals surface area contributed by atoms with Crippen molar-refractivity contribution < 1.29 is 22.7 Å². The van der Waals surface area contributed by atoms with Crippen LogP contribution in [0.2, 0.25) is 0 Å². The molecule has 4 aliphatic carbocycles. The van der Waals surface area contributed by atoms with E-state index in [-0.39, 0.29) is 28.3 Å². The molecule has 2 aromatic rings. The van der Waals surface area contributed by atoms with Crippen LogP contribution in [0.5, 0.6) is 0 Å². The molecule has 4 saturated carbocycles. The van der Waals surface area contributed by atoms with Crippen LogP contribution >= 0.6 is 0 Å². The molecule has 0 saturated heterocycles. The van der Waals surface area contributed by atoms with Crippen LogP contribution in [0.3, 0.4) is 0 Å². The van der Waals surface area contributed by atoms with Crippen molar-refractivity contribution in [2.24, 2.45) is 23.2 Å². The molecule has 33 heavy (non-hydrogen) atoms. The van der Waals surface area contributed by atoms with E-state index in [9.17, 15) is 18.0 Å². The molecule has 7 heteroatoms. The number of sulfonamides is 1. The van der Waals surface area contributed by atoms with Crippen molar-refractivity contribution in [1.29, 1.82) is 0 Å². The molecule has 0 atom stereocenters. The van der Waals surface area contributed by atoms with Gasteiger partial charge in [0.05, 0.1) is 16.1 Å². The van der Waals surface area contributed by atoms with E-state index in [1.54, 1.807) is 24.3 Å². The molecule has 0 spiro atoms. The van der Waals surface area contributed by atoms with Gasteiger partial charge in [-0.15, -0.1) is 0 Å². The third-order valence-corrected chi connectivity index (χ3v) is 9.63. The van der Waals surface area contributed by atoms with Crippen LogP contribution in [0.4, 0.5) is 5.69 Å². The summed E-state index contributed by atoms with van der Waals surface area (Å²) in [5, 5.41) is 0. The predicted molar refractivity (Wildman–Crippen MR) is 124 cm³/mol. The summed E-state index contributed by atoms with van der Waals surface area (Å²) in [5.41, 5.74) is 0.480. The minimum atomic E-state index is -3.76. The second-order valence-electron chi connectivity index (χ2n) is 10.0. The summed E-state index contributed by atoms with van der Waals surface area (Å²) >= 11 is 0. The predicted octanol–water partition coefficient (Wildman–Crippen LogP) is 4.45. The molecule has 174 valence electrons. The Morgan fingerprint density at radius 3 is 2.00 bits per heavy atom. The molecular weight excluding hydrogens is 438 g/mol. The van der Waals surface area contributed by atoms with Crippen LogP contribution in [0.1, 0.15) is 48.9 Å². The summed E-state index contributed by atoms with van der Waals surface area (Å²) in [6.07, 6.45) is 6.58. The van der Waals surface area contributed by atoms with Crippen molar-refractivity contribution in [3.8, 4) is 0 Å². The molecule has 0 radical (unpaired) electrons. The van der Waals surface area contributed by atoms with Gasteiger partial charge in [0.2, 0.25) is 0 Å². The van der Waals surface area contributed by atoms with Crippen molar-refractivity contribution in [3.63, 3.8) is 0 Å². The summed E-state index contributed by atoms with van der Waals surface area (Å²) in [5.74, 6) is 1.41. The molecular formula is C26H29NO5S. The molecule has 0 heterocycles. The Morgan fingerprint density at radius 1 is 0.909 bits per heavy atom. The Balaban J connectivity index is 1.23. The molecule has 0 aliphatic heterocycles. The zero-order valence-electron chi connectivity index (χ0n) is 18.8. The normalized spacial score (nSPS) is 27.8. The molecule has 0 unspecified atom stereocenters. The van der Waals surface area contributed by atoms with Gasteiger partial charge in [-0.25, -0.2) is 13.2 Å². The first-order valence-corrected chi connectivity index (χ1v) is 13.1. The lowest BCUT2D eigenvalue weighted by Gasteiger charge is -2.55. The molecule has 0 amide bonds. The average Bonchev–Trinajstić information content (AvgIpc) is 2.81. The van der Waals surface area contributed by atoms with E-state index in [0.717, 1.165) is 19.3 Å². The summed E-state index contributed by atoms with van der Waals surface area (Å²) in [4.78, 5) is 25.7. The van der Waals surface area contributed by atoms with E-state index in [1.165, 1.54) is 54.9 Å². The molecule has 4 aliphatic rings. The van der Waals surface area contributed by atoms with Gasteiger partial charge in [0.25, 0.3) is 10.0 Å². The van der Waals surface area contributed by atoms with E-state index in [2.05, 4.69) is 0 Å². The maximum Gasteiger partial charge on any atom is 0.338 e. The van der Waals surface area contributed by atoms with Gasteiger partial charge in [-0.2, -0.15) is 0 Å². The van der Waals surface area contributed by atoms with Gasteiger partial charge < -0.3 is 4.74 Å². The second-order valence-corrected chi connectivity index (χ2v) is 12.0. The largest absolute Gasteiger partial charge is 0.454 e. The lowest BCUT2D eigenvalue weighted by atomic mass is 9.48. The Kier molecular flexibility index (Phi) is 5.55. The number of carbonyl (C=O) groups is 2. The fourth-order valence-electron chi connectivity index (χ4n) is 6.52. The number of para-hydroxylation sites is 1. The van der Waals surface area contributed by atoms with Gasteiger partial charge in [-0.1, -0.05) is 18.2 Å². The maximum absolute atomic E-state index is 13.1. The highest BCUT2D eigenvalue weighted by Crippen LogP contribution is 2.60. The summed E-state index contributed by atoms with van der Waals surface area (Å²) in [7, 11) is -2.27. The number of hydrogen-bond acceptors (Lipinski definition) is 5. The molecule has 2 aromatic carbocycles. The van der Waals surface area contributed by atoms with Gasteiger partial charge in [-0.05, 0) is 92.7 Å². The Morgan fingerprint density at radius 2 is 1.45 bits per heavy atom. The number of carbonyl (C=O) groups excluding carboxylic acids is 2. The molecule has 0 N–H and O–H groups in total. The highest BCUT2D eigenvalue weighted by molar-refractivity contribution is 7.92. The van der Waals surface area contributed by atoms with Gasteiger partial charge in [0.15, 0.2) is 12.4 Å². The Hall–Kier alpha value is -2.67. The quantitative estimate of drug-likeness (QED) is 0.562. The third-order valence-electron chi connectivity index (χ3n) is 7.83. The topological polar surface area (TPSA) is 80.8 Å². The number of Topliss-reactive ketones (excluding diaryl/α,β-unsaturated/α-hetero) is 1. The number of hydrogen-bond donors (Lipinski definition) is 0. The number of ketones is 1. The number of esters is 1. The summed E-state index contributed by atoms with van der Waals surface area (Å²) in [6, 6.07) is 14.4. The van der Waals surface area contributed by atoms with E-state index in [1.807, 2.05) is 6.07 Å². The number of nitrogens with zero attached hydrogens (tertiary/aromatic N) is 1. The van der Waals surface area contributed by atoms with Crippen molar-refractivity contribution >= 4 is 27.5 Å². The van der Waals surface area contributed by atoms with Gasteiger partial charge >= 0.3 is 5.97 Å². The van der Waals surface area contributed by atoms with Crippen LogP contribution in [0.25, 0.3) is 0 Å². The second kappa shape index (κ2) is 8.28. The third kappa shape index (κ3) is 4.07. The molecule has 6 nitrogen and oxygen atoms in total. The number of benzene rings is 2. The maximum atomic E-state index is 13.1. The number of ether oxygens (including phenoxy) is 1. The first-order chi connectivity index (χ1) is 15.8. The standard InChI is InChI=1S/C26H29NO5S/c1-27(22-5-3-2-4-6-22)33(30,31)23-9-7-21(8-10-23)25(29)32-17-24(28)26-14-18-11-19(15-26)13-20(12-18)16-26/h2-10,18-20H,11-17H2,1H3. The fourth-order valence-corrected chi connectivity index (χ4v) is 7.71. The van der Waals surface area contributed by atoms with Crippen LogP contribution in [-0.4, -0.2) is 33.8 Å². The van der Waals surface area contributed by atoms with E-state index in [4.69, 9.17) is 4.74 Å². The molecule has 6 rings (SSSR count). The first kappa shape index (κ1) is 22.1. The highest BCUT2D eigenvalue weighted by Gasteiger charge is 2.54. The Labute approximate surface area is 195 Å². The van der Waals surface area contributed by atoms with Gasteiger partial charge in [0, 0.05) is 12.5 Å². The lowest BCUT2D eigenvalue weighted by molar-refractivity contribution is -0.147. The van der Waals surface area contributed by atoms with Gasteiger partial charge in [0.1, 0.15) is 0 Å². The summed E-state index contributed by atoms with van der Waals surface area (Å²) < 4.78 is 32.4. The SMILES string of the molecule is CN(c1ccccc1)S(=O)(=O)c1ccc(C(=O)OCC(=O)C23CC4CC(CC(C4)C2)C3)cc1. The molecule has 0 aromatic heterocycles. The van der Waals surface area contributed by atoms with E-state index >= 15 is 0 Å². The fraction of sp³-hybridized carbons (Fsp3) is 0.462. The Bertz CT molecular complexity index is 1120. The van der Waals surface area contributed by atoms with E-state index in [0.29, 0.717) is 23.4 Å². The molecule has 4 fully saturated rings. The van der Waals surface area contributed by atoms with Crippen LogP contribution in [-0.2, 0) is 19.6 Å². The van der Waals surface area contributed by atoms with Crippen molar-refractivity contribution in [2.75, 3.05) is 18.0 Å². The minimum absolute atomic E-state index is 0.0543. The van der Waals surface area contributed by atoms with Gasteiger partial charge in [-0.3, -0.25) is 9.10 Å². The first-order valence-electron chi connectivity index (χ1n) is 11.6. The van der Waals surface area contributed by atoms with Crippen molar-refractivity contribution in [3.05, 3.63) is 60.2 Å². The molecule has 4 bridgehead atoms. The van der Waals surface area contributed by atoms with Crippen LogP contribution in [0.15, 0.2) is 59.5 Å². The minimum Gasteiger partial charge on any atom is -0.454 e. The zero-order chi connectivity index (χ0) is 23.2. The van der Waals surface area contributed by atoms with Crippen molar-refractivity contribution in [2.45, 2.75) is 43.4 Å². The van der Waals surface area contributed by atoms with E-state index < -0.39 is 16.0 Å². The lowest BCUT2D eigenvalue weighted by Crippen LogP contribution is -2.51. The van der Waals surface area contributed by atoms with Crippen LogP contribution in [0, 0.1) is 23.2 Å². The summed E-state index contributed by atoms with van der Waals surface area (Å²) in [6.45, 7) is -0.207. The number of rotatable bonds is 7. The number of anilines is 1. The smallest absolute Gasteiger partial charge is 0.338 e. The average molecular weight is 468 g/mol. The van der Waals surface area contributed by atoms with Crippen molar-refractivity contribution in [1.82, 2.24) is 0 Å². The van der Waals surface area contributed by atoms with Crippen LogP contribution < -0.4 is 4.31 Å². The monoisotopic (exact) mass is 467 g/mol. The highest BCUT2D eigenvalue weighted by atomic mass is 32.2.